The summed E-state index contributed by atoms with van der Waals surface area (Å²) in [4.78, 5) is 17.5. The maximum atomic E-state index is 12.2. The molecule has 0 unspecified atom stereocenters. The monoisotopic (exact) mass is 296 g/mol. The summed E-state index contributed by atoms with van der Waals surface area (Å²) in [5, 5.41) is 6.83. The van der Waals surface area contributed by atoms with Crippen LogP contribution in [0, 0.1) is 0 Å². The van der Waals surface area contributed by atoms with Crippen LogP contribution in [0.3, 0.4) is 0 Å². The lowest BCUT2D eigenvalue weighted by Crippen LogP contribution is -2.28. The number of oxime groups is 1. The summed E-state index contributed by atoms with van der Waals surface area (Å²) in [6.07, 6.45) is -0.135. The Kier molecular flexibility index (Phi) is 4.05. The number of carbonyl (C=O) groups excluding carboxylic acids is 1. The van der Waals surface area contributed by atoms with Crippen LogP contribution in [0.25, 0.3) is 0 Å². The van der Waals surface area contributed by atoms with Gasteiger partial charge in [0.05, 0.1) is 12.8 Å². The van der Waals surface area contributed by atoms with Crippen molar-refractivity contribution >= 4 is 17.3 Å². The highest BCUT2D eigenvalue weighted by molar-refractivity contribution is 6.06. The molecule has 2 aromatic carbocycles. The Balaban J connectivity index is 1.60. The summed E-state index contributed by atoms with van der Waals surface area (Å²) in [6.45, 7) is 0. The molecule has 3 rings (SSSR count). The molecule has 5 nitrogen and oxygen atoms in total. The van der Waals surface area contributed by atoms with Crippen LogP contribution in [0.15, 0.2) is 59.8 Å². The highest BCUT2D eigenvalue weighted by Gasteiger charge is 2.28. The number of methoxy groups -OCH3 is 1. The van der Waals surface area contributed by atoms with Gasteiger partial charge in [0, 0.05) is 12.1 Å². The lowest BCUT2D eigenvalue weighted by atomic mass is 10.0. The fraction of sp³-hybridized carbons (Fsp3) is 0.176. The predicted octanol–water partition coefficient (Wildman–Crippen LogP) is 2.83. The molecule has 1 atom stereocenters. The zero-order chi connectivity index (χ0) is 15.4. The second-order valence-electron chi connectivity index (χ2n) is 4.92. The molecule has 22 heavy (non-hydrogen) atoms. The third kappa shape index (κ3) is 3.09. The van der Waals surface area contributed by atoms with Crippen molar-refractivity contribution in [3.63, 3.8) is 0 Å². The molecule has 1 aliphatic heterocycles. The summed E-state index contributed by atoms with van der Waals surface area (Å²) < 4.78 is 5.08. The van der Waals surface area contributed by atoms with E-state index in [9.17, 15) is 4.79 Å². The van der Waals surface area contributed by atoms with E-state index in [-0.39, 0.29) is 5.91 Å². The Morgan fingerprint density at radius 3 is 2.59 bits per heavy atom. The van der Waals surface area contributed by atoms with E-state index in [1.54, 1.807) is 31.4 Å². The Morgan fingerprint density at radius 2 is 1.91 bits per heavy atom. The van der Waals surface area contributed by atoms with E-state index in [2.05, 4.69) is 10.5 Å². The van der Waals surface area contributed by atoms with E-state index >= 15 is 0 Å². The zero-order valence-corrected chi connectivity index (χ0v) is 12.2. The largest absolute Gasteiger partial charge is 0.497 e. The number of anilines is 1. The van der Waals surface area contributed by atoms with Crippen molar-refractivity contribution in [3.05, 3.63) is 60.2 Å². The van der Waals surface area contributed by atoms with Crippen LogP contribution in [-0.4, -0.2) is 24.8 Å². The maximum Gasteiger partial charge on any atom is 0.268 e. The number of nitrogens with one attached hydrogen (secondary N) is 1. The van der Waals surface area contributed by atoms with E-state index < -0.39 is 6.10 Å². The van der Waals surface area contributed by atoms with Gasteiger partial charge in [-0.1, -0.05) is 35.5 Å². The third-order valence-electron chi connectivity index (χ3n) is 3.43. The average Bonchev–Trinajstić information content (AvgIpc) is 3.06. The summed E-state index contributed by atoms with van der Waals surface area (Å²) in [5.41, 5.74) is 2.46. The van der Waals surface area contributed by atoms with Gasteiger partial charge >= 0.3 is 0 Å². The fourth-order valence-electron chi connectivity index (χ4n) is 2.22. The lowest BCUT2D eigenvalue weighted by molar-refractivity contribution is -0.125. The molecule has 1 aliphatic rings. The van der Waals surface area contributed by atoms with E-state index in [1.165, 1.54) is 0 Å². The first-order valence-corrected chi connectivity index (χ1v) is 6.99. The Hall–Kier alpha value is -2.82. The number of ether oxygens (including phenoxy) is 1. The minimum absolute atomic E-state index is 0.208. The summed E-state index contributed by atoms with van der Waals surface area (Å²) >= 11 is 0. The van der Waals surface area contributed by atoms with Crippen LogP contribution < -0.4 is 10.1 Å². The molecular weight excluding hydrogens is 280 g/mol. The van der Waals surface area contributed by atoms with Crippen molar-refractivity contribution in [2.45, 2.75) is 12.5 Å². The molecule has 0 saturated carbocycles. The van der Waals surface area contributed by atoms with Gasteiger partial charge in [-0.3, -0.25) is 4.79 Å². The van der Waals surface area contributed by atoms with Gasteiger partial charge in [-0.25, -0.2) is 0 Å². The second-order valence-corrected chi connectivity index (χ2v) is 4.92. The van der Waals surface area contributed by atoms with Crippen molar-refractivity contribution in [1.82, 2.24) is 0 Å². The zero-order valence-electron chi connectivity index (χ0n) is 12.2. The van der Waals surface area contributed by atoms with E-state index in [1.807, 2.05) is 30.3 Å². The first kappa shape index (κ1) is 14.1. The van der Waals surface area contributed by atoms with Crippen LogP contribution in [0.4, 0.5) is 5.69 Å². The topological polar surface area (TPSA) is 59.9 Å². The van der Waals surface area contributed by atoms with Gasteiger partial charge < -0.3 is 14.9 Å². The van der Waals surface area contributed by atoms with Crippen LogP contribution in [-0.2, 0) is 9.63 Å². The van der Waals surface area contributed by atoms with Gasteiger partial charge in [0.25, 0.3) is 5.91 Å². The van der Waals surface area contributed by atoms with Crippen LogP contribution in [0.2, 0.25) is 0 Å². The van der Waals surface area contributed by atoms with E-state index in [0.717, 1.165) is 17.0 Å². The highest BCUT2D eigenvalue weighted by atomic mass is 16.6. The first-order chi connectivity index (χ1) is 10.8. The Morgan fingerprint density at radius 1 is 1.18 bits per heavy atom. The lowest BCUT2D eigenvalue weighted by Gasteiger charge is -2.10. The number of benzene rings is 2. The molecule has 0 saturated heterocycles. The van der Waals surface area contributed by atoms with Gasteiger partial charge in [-0.05, 0) is 29.8 Å². The van der Waals surface area contributed by atoms with Crippen LogP contribution in [0.5, 0.6) is 5.75 Å². The van der Waals surface area contributed by atoms with Crippen molar-refractivity contribution in [2.24, 2.45) is 5.16 Å². The SMILES string of the molecule is COc1ccc(NC(=O)[C@H]2CC(c3ccccc3)=NO2)cc1. The molecule has 0 fully saturated rings. The third-order valence-corrected chi connectivity index (χ3v) is 3.43. The van der Waals surface area contributed by atoms with Crippen LogP contribution in [0.1, 0.15) is 12.0 Å². The molecule has 0 bridgehead atoms. The Labute approximate surface area is 128 Å². The molecule has 2 aromatic rings. The highest BCUT2D eigenvalue weighted by Crippen LogP contribution is 2.19. The van der Waals surface area contributed by atoms with Gasteiger partial charge in [0.2, 0.25) is 6.10 Å². The fourth-order valence-corrected chi connectivity index (χ4v) is 2.22. The molecule has 0 aliphatic carbocycles. The predicted molar refractivity (Wildman–Crippen MR) is 84.1 cm³/mol. The van der Waals surface area contributed by atoms with Crippen molar-refractivity contribution in [2.75, 3.05) is 12.4 Å². The molecule has 0 spiro atoms. The Bertz CT molecular complexity index is 681. The molecule has 1 N–H and O–H groups in total. The number of rotatable bonds is 4. The molecule has 5 heteroatoms. The van der Waals surface area contributed by atoms with E-state index in [0.29, 0.717) is 12.1 Å². The molecular formula is C17H16N2O3. The quantitative estimate of drug-likeness (QED) is 0.943. The minimum Gasteiger partial charge on any atom is -0.497 e. The normalized spacial score (nSPS) is 16.6. The van der Waals surface area contributed by atoms with Gasteiger partial charge in [-0.2, -0.15) is 0 Å². The van der Waals surface area contributed by atoms with Crippen molar-refractivity contribution < 1.29 is 14.4 Å². The summed E-state index contributed by atoms with van der Waals surface area (Å²) in [7, 11) is 1.60. The molecule has 0 aromatic heterocycles. The number of nitrogens with zero attached hydrogens (tertiary/aromatic N) is 1. The number of amides is 1. The number of carbonyl (C=O) groups is 1. The smallest absolute Gasteiger partial charge is 0.268 e. The van der Waals surface area contributed by atoms with Gasteiger partial charge in [0.15, 0.2) is 0 Å². The molecule has 112 valence electrons. The van der Waals surface area contributed by atoms with Crippen LogP contribution >= 0.6 is 0 Å². The van der Waals surface area contributed by atoms with Crippen molar-refractivity contribution in [1.29, 1.82) is 0 Å². The molecule has 1 heterocycles. The molecule has 0 radical (unpaired) electrons. The van der Waals surface area contributed by atoms with E-state index in [4.69, 9.17) is 9.57 Å². The average molecular weight is 296 g/mol. The standard InChI is InChI=1S/C17H16N2O3/c1-21-14-9-7-13(8-10-14)18-17(20)16-11-15(19-22-16)12-5-3-2-4-6-12/h2-10,16H,11H2,1H3,(H,18,20)/t16-/m1/s1. The van der Waals surface area contributed by atoms with Gasteiger partial charge in [0.1, 0.15) is 5.75 Å². The van der Waals surface area contributed by atoms with Gasteiger partial charge in [-0.15, -0.1) is 0 Å². The number of hydrogen-bond donors (Lipinski definition) is 1. The number of hydrogen-bond acceptors (Lipinski definition) is 4. The second kappa shape index (κ2) is 6.30. The minimum atomic E-state index is -0.600. The van der Waals surface area contributed by atoms with Crippen molar-refractivity contribution in [3.8, 4) is 5.75 Å². The summed E-state index contributed by atoms with van der Waals surface area (Å²) in [5.74, 6) is 0.532. The maximum absolute atomic E-state index is 12.2. The molecule has 1 amide bonds. The first-order valence-electron chi connectivity index (χ1n) is 6.99. The summed E-state index contributed by atoms with van der Waals surface area (Å²) in [6, 6.07) is 16.8.